The van der Waals surface area contributed by atoms with Gasteiger partial charge in [-0.15, -0.1) is 0 Å². The Morgan fingerprint density at radius 3 is 2.52 bits per heavy atom. The van der Waals surface area contributed by atoms with Crippen molar-refractivity contribution in [2.45, 2.75) is 25.6 Å². The Bertz CT molecular complexity index is 1210. The van der Waals surface area contributed by atoms with Crippen LogP contribution in [0.5, 0.6) is 5.75 Å². The first kappa shape index (κ1) is 23.4. The zero-order valence-electron chi connectivity index (χ0n) is 17.3. The van der Waals surface area contributed by atoms with Gasteiger partial charge >= 0.3 is 5.97 Å². The molecule has 1 aliphatic heterocycles. The topological polar surface area (TPSA) is 66.8 Å². The third-order valence-electron chi connectivity index (χ3n) is 5.37. The molecule has 2 atom stereocenters. The molecule has 0 amide bonds. The summed E-state index contributed by atoms with van der Waals surface area (Å²) in [4.78, 5) is 11.4. The van der Waals surface area contributed by atoms with E-state index >= 15 is 0 Å². The second kappa shape index (κ2) is 9.99. The van der Waals surface area contributed by atoms with Crippen molar-refractivity contribution in [2.75, 3.05) is 5.75 Å². The normalized spacial score (nSPS) is 18.4. The van der Waals surface area contributed by atoms with Gasteiger partial charge in [-0.3, -0.25) is 4.79 Å². The van der Waals surface area contributed by atoms with Gasteiger partial charge in [-0.1, -0.05) is 48.0 Å². The molecule has 0 radical (unpaired) electrons. The van der Waals surface area contributed by atoms with Crippen molar-refractivity contribution >= 4 is 28.6 Å². The van der Waals surface area contributed by atoms with Crippen LogP contribution in [0.2, 0.25) is 5.02 Å². The molecule has 0 aliphatic carbocycles. The zero-order chi connectivity index (χ0) is 23.5. The van der Waals surface area contributed by atoms with E-state index in [9.17, 15) is 22.9 Å². The van der Waals surface area contributed by atoms with Crippen molar-refractivity contribution in [3.63, 3.8) is 0 Å². The van der Waals surface area contributed by atoms with E-state index in [1.54, 1.807) is 24.3 Å². The largest absolute Gasteiger partial charge is 0.489 e. The van der Waals surface area contributed by atoms with Gasteiger partial charge in [0.25, 0.3) is 0 Å². The highest BCUT2D eigenvalue weighted by Crippen LogP contribution is 2.31. The summed E-state index contributed by atoms with van der Waals surface area (Å²) >= 11 is 6.03. The third kappa shape index (κ3) is 5.40. The fourth-order valence-corrected chi connectivity index (χ4v) is 5.37. The lowest BCUT2D eigenvalue weighted by Gasteiger charge is -2.19. The molecule has 9 heteroatoms. The van der Waals surface area contributed by atoms with Crippen molar-refractivity contribution in [3.05, 3.63) is 88.4 Å². The van der Waals surface area contributed by atoms with Crippen LogP contribution in [0.4, 0.5) is 8.78 Å². The lowest BCUT2D eigenvalue weighted by atomic mass is 10.1. The summed E-state index contributed by atoms with van der Waals surface area (Å²) in [6, 6.07) is 15.6. The van der Waals surface area contributed by atoms with Gasteiger partial charge in [-0.2, -0.15) is 0 Å². The van der Waals surface area contributed by atoms with E-state index in [0.717, 1.165) is 23.3 Å². The van der Waals surface area contributed by atoms with Crippen molar-refractivity contribution in [1.29, 1.82) is 0 Å². The second-order valence-corrected chi connectivity index (χ2v) is 9.55. The molecular weight excluding hydrogens is 472 g/mol. The summed E-state index contributed by atoms with van der Waals surface area (Å²) in [6.45, 7) is 0.547. The number of benzene rings is 3. The SMILES string of the molecule is O=C(O)C1CCS(=O)N1Cc1cccc(COc2ccc(-c3cc(F)c(F)cc3Cl)cc2)c1. The number of halogens is 3. The van der Waals surface area contributed by atoms with Gasteiger partial charge in [-0.05, 0) is 47.4 Å². The van der Waals surface area contributed by atoms with Crippen LogP contribution in [-0.4, -0.2) is 31.4 Å². The molecule has 2 unspecified atom stereocenters. The summed E-state index contributed by atoms with van der Waals surface area (Å²) in [5.41, 5.74) is 2.73. The molecule has 0 bridgehead atoms. The van der Waals surface area contributed by atoms with Crippen LogP contribution in [0.1, 0.15) is 17.5 Å². The number of hydrogen-bond acceptors (Lipinski definition) is 3. The minimum Gasteiger partial charge on any atom is -0.489 e. The number of carbonyl (C=O) groups is 1. The van der Waals surface area contributed by atoms with E-state index in [2.05, 4.69) is 0 Å². The summed E-state index contributed by atoms with van der Waals surface area (Å²) in [7, 11) is -1.31. The van der Waals surface area contributed by atoms with E-state index in [4.69, 9.17) is 16.3 Å². The lowest BCUT2D eigenvalue weighted by Crippen LogP contribution is -2.35. The number of hydrogen-bond donors (Lipinski definition) is 1. The Kier molecular flexibility index (Phi) is 7.07. The van der Waals surface area contributed by atoms with Gasteiger partial charge in [0.1, 0.15) is 18.4 Å². The molecule has 0 aromatic heterocycles. The number of carboxylic acid groups (broad SMARTS) is 1. The van der Waals surface area contributed by atoms with Crippen LogP contribution in [0.15, 0.2) is 60.7 Å². The number of rotatable bonds is 7. The molecule has 1 fully saturated rings. The average molecular weight is 492 g/mol. The molecule has 1 heterocycles. The fourth-order valence-electron chi connectivity index (χ4n) is 3.68. The van der Waals surface area contributed by atoms with Crippen LogP contribution >= 0.6 is 11.6 Å². The van der Waals surface area contributed by atoms with E-state index in [0.29, 0.717) is 29.1 Å². The third-order valence-corrected chi connectivity index (χ3v) is 7.18. The smallest absolute Gasteiger partial charge is 0.321 e. The van der Waals surface area contributed by atoms with Crippen molar-refractivity contribution in [1.82, 2.24) is 4.31 Å². The molecule has 0 spiro atoms. The van der Waals surface area contributed by atoms with Gasteiger partial charge < -0.3 is 9.84 Å². The molecule has 172 valence electrons. The highest BCUT2D eigenvalue weighted by Gasteiger charge is 2.36. The monoisotopic (exact) mass is 491 g/mol. The van der Waals surface area contributed by atoms with Crippen LogP contribution < -0.4 is 4.74 Å². The number of nitrogens with zero attached hydrogens (tertiary/aromatic N) is 1. The Morgan fingerprint density at radius 1 is 1.09 bits per heavy atom. The number of carboxylic acids is 1. The maximum atomic E-state index is 13.6. The predicted octanol–water partition coefficient (Wildman–Crippen LogP) is 5.19. The highest BCUT2D eigenvalue weighted by atomic mass is 35.5. The lowest BCUT2D eigenvalue weighted by molar-refractivity contribution is -0.141. The first-order valence-corrected chi connectivity index (χ1v) is 11.8. The summed E-state index contributed by atoms with van der Waals surface area (Å²) in [5.74, 6) is -2.00. The van der Waals surface area contributed by atoms with E-state index < -0.39 is 34.6 Å². The Balaban J connectivity index is 1.41. The molecule has 5 nitrogen and oxygen atoms in total. The van der Waals surface area contributed by atoms with E-state index in [1.807, 2.05) is 24.3 Å². The first-order chi connectivity index (χ1) is 15.8. The van der Waals surface area contributed by atoms with Gasteiger partial charge in [0.2, 0.25) is 0 Å². The maximum absolute atomic E-state index is 13.6. The van der Waals surface area contributed by atoms with Crippen molar-refractivity contribution < 1.29 is 27.6 Å². The quantitative estimate of drug-likeness (QED) is 0.462. The number of aliphatic carboxylic acids is 1. The van der Waals surface area contributed by atoms with Crippen molar-refractivity contribution in [2.24, 2.45) is 0 Å². The molecule has 1 N–H and O–H groups in total. The van der Waals surface area contributed by atoms with Gasteiger partial charge in [0, 0.05) is 17.9 Å². The van der Waals surface area contributed by atoms with E-state index in [1.165, 1.54) is 4.31 Å². The van der Waals surface area contributed by atoms with Crippen LogP contribution in [-0.2, 0) is 28.9 Å². The minimum atomic E-state index is -1.31. The summed E-state index contributed by atoms with van der Waals surface area (Å²) in [5, 5.41) is 9.45. The van der Waals surface area contributed by atoms with Gasteiger partial charge in [-0.25, -0.2) is 17.3 Å². The standard InChI is InChI=1S/C24H20ClF2NO4S/c25-20-12-22(27)21(26)11-19(20)17-4-6-18(7-5-17)32-14-16-3-1-2-15(10-16)13-28-23(24(29)30)8-9-33(28)31/h1-7,10-12,23H,8-9,13-14H2,(H,29,30). The molecule has 1 saturated heterocycles. The molecule has 3 aromatic carbocycles. The Labute approximate surface area is 197 Å². The minimum absolute atomic E-state index is 0.114. The van der Waals surface area contributed by atoms with Crippen LogP contribution in [0.25, 0.3) is 11.1 Å². The zero-order valence-corrected chi connectivity index (χ0v) is 18.9. The van der Waals surface area contributed by atoms with Gasteiger partial charge in [0.15, 0.2) is 11.6 Å². The molecule has 33 heavy (non-hydrogen) atoms. The maximum Gasteiger partial charge on any atom is 0.321 e. The molecule has 4 rings (SSSR count). The molecule has 0 saturated carbocycles. The summed E-state index contributed by atoms with van der Waals surface area (Å²) < 4.78 is 46.4. The fraction of sp³-hybridized carbons (Fsp3) is 0.208. The molecule has 3 aromatic rings. The van der Waals surface area contributed by atoms with Crippen LogP contribution in [0, 0.1) is 11.6 Å². The Morgan fingerprint density at radius 2 is 1.79 bits per heavy atom. The van der Waals surface area contributed by atoms with E-state index in [-0.39, 0.29) is 18.2 Å². The first-order valence-electron chi connectivity index (χ1n) is 10.2. The Hall–Kier alpha value is -2.81. The molecule has 1 aliphatic rings. The van der Waals surface area contributed by atoms with Crippen molar-refractivity contribution in [3.8, 4) is 16.9 Å². The average Bonchev–Trinajstić information content (AvgIpc) is 3.16. The predicted molar refractivity (Wildman–Crippen MR) is 122 cm³/mol. The summed E-state index contributed by atoms with van der Waals surface area (Å²) in [6.07, 6.45) is 0.372. The second-order valence-electron chi connectivity index (χ2n) is 7.62. The highest BCUT2D eigenvalue weighted by molar-refractivity contribution is 7.82. The van der Waals surface area contributed by atoms with Crippen LogP contribution in [0.3, 0.4) is 0 Å². The molecular formula is C24H20ClF2NO4S. The van der Waals surface area contributed by atoms with Gasteiger partial charge in [0.05, 0.1) is 16.0 Å². The number of ether oxygens (including phenoxy) is 1.